The van der Waals surface area contributed by atoms with E-state index in [-0.39, 0.29) is 6.61 Å². The molecule has 0 amide bonds. The van der Waals surface area contributed by atoms with Gasteiger partial charge >= 0.3 is 0 Å². The largest absolute Gasteiger partial charge is 0.452 e. The van der Waals surface area contributed by atoms with E-state index in [1.165, 1.54) is 32.1 Å². The van der Waals surface area contributed by atoms with E-state index < -0.39 is 5.54 Å². The average molecular weight is 302 g/mol. The molecule has 1 atom stereocenters. The van der Waals surface area contributed by atoms with E-state index in [9.17, 15) is 5.11 Å². The van der Waals surface area contributed by atoms with Crippen LogP contribution < -0.4 is 5.32 Å². The van der Waals surface area contributed by atoms with E-state index in [2.05, 4.69) is 21.2 Å². The Balaban J connectivity index is 2.07. The number of hydrogen-bond acceptors (Lipinski definition) is 3. The van der Waals surface area contributed by atoms with Crippen molar-refractivity contribution in [1.29, 1.82) is 0 Å². The Kier molecular flexibility index (Phi) is 4.28. The second-order valence-corrected chi connectivity index (χ2v) is 5.85. The zero-order valence-electron chi connectivity index (χ0n) is 10.2. The summed E-state index contributed by atoms with van der Waals surface area (Å²) < 4.78 is 6.28. The van der Waals surface area contributed by atoms with Crippen molar-refractivity contribution in [3.05, 3.63) is 22.6 Å². The van der Waals surface area contributed by atoms with Crippen LogP contribution in [0, 0.1) is 0 Å². The highest BCUT2D eigenvalue weighted by Crippen LogP contribution is 2.28. The van der Waals surface area contributed by atoms with Gasteiger partial charge in [0.05, 0.1) is 12.1 Å². The number of furan rings is 1. The predicted molar refractivity (Wildman–Crippen MR) is 70.9 cm³/mol. The molecular formula is C13H20BrNO2. The Morgan fingerprint density at radius 2 is 2.12 bits per heavy atom. The first-order valence-electron chi connectivity index (χ1n) is 6.28. The first-order chi connectivity index (χ1) is 8.14. The molecule has 2 N–H and O–H groups in total. The molecule has 1 unspecified atom stereocenters. The second-order valence-electron chi connectivity index (χ2n) is 5.07. The summed E-state index contributed by atoms with van der Waals surface area (Å²) in [6, 6.07) is 4.27. The van der Waals surface area contributed by atoms with Crippen LogP contribution in [-0.4, -0.2) is 17.8 Å². The number of halogens is 1. The van der Waals surface area contributed by atoms with Crippen LogP contribution in [0.25, 0.3) is 0 Å². The maximum absolute atomic E-state index is 9.64. The SMILES string of the molecule is CC(CO)(NC1CCCCC1)c1ccc(Br)o1. The normalized spacial score (nSPS) is 21.4. The summed E-state index contributed by atoms with van der Waals surface area (Å²) >= 11 is 3.30. The fourth-order valence-corrected chi connectivity index (χ4v) is 2.81. The average Bonchev–Trinajstić information content (AvgIpc) is 2.78. The van der Waals surface area contributed by atoms with Crippen molar-refractivity contribution < 1.29 is 9.52 Å². The molecular weight excluding hydrogens is 282 g/mol. The smallest absolute Gasteiger partial charge is 0.169 e. The molecule has 96 valence electrons. The van der Waals surface area contributed by atoms with Crippen LogP contribution in [0.2, 0.25) is 0 Å². The molecule has 0 aromatic carbocycles. The van der Waals surface area contributed by atoms with Crippen molar-refractivity contribution in [3.63, 3.8) is 0 Å². The third kappa shape index (κ3) is 3.12. The lowest BCUT2D eigenvalue weighted by molar-refractivity contribution is 0.129. The Hall–Kier alpha value is -0.320. The molecule has 1 aliphatic rings. The molecule has 0 saturated heterocycles. The molecule has 1 aromatic heterocycles. The van der Waals surface area contributed by atoms with Gasteiger partial charge in [0.15, 0.2) is 4.67 Å². The van der Waals surface area contributed by atoms with E-state index >= 15 is 0 Å². The summed E-state index contributed by atoms with van der Waals surface area (Å²) in [6.45, 7) is 2.04. The third-order valence-electron chi connectivity index (χ3n) is 3.56. The molecule has 2 rings (SSSR count). The minimum Gasteiger partial charge on any atom is -0.452 e. The van der Waals surface area contributed by atoms with Gasteiger partial charge in [0, 0.05) is 6.04 Å². The highest BCUT2D eigenvalue weighted by molar-refractivity contribution is 9.10. The van der Waals surface area contributed by atoms with Gasteiger partial charge in [-0.15, -0.1) is 0 Å². The van der Waals surface area contributed by atoms with Crippen LogP contribution in [0.15, 0.2) is 21.2 Å². The highest BCUT2D eigenvalue weighted by Gasteiger charge is 2.32. The van der Waals surface area contributed by atoms with E-state index in [0.717, 1.165) is 5.76 Å². The Morgan fingerprint density at radius 3 is 2.65 bits per heavy atom. The van der Waals surface area contributed by atoms with Gasteiger partial charge in [-0.2, -0.15) is 0 Å². The van der Waals surface area contributed by atoms with Crippen molar-refractivity contribution in [2.75, 3.05) is 6.61 Å². The Bertz CT molecular complexity index is 360. The van der Waals surface area contributed by atoms with E-state index in [1.807, 2.05) is 19.1 Å². The molecule has 3 nitrogen and oxygen atoms in total. The van der Waals surface area contributed by atoms with E-state index in [4.69, 9.17) is 4.42 Å². The fourth-order valence-electron chi connectivity index (χ4n) is 2.50. The molecule has 1 heterocycles. The van der Waals surface area contributed by atoms with Gasteiger partial charge in [0.1, 0.15) is 5.76 Å². The second kappa shape index (κ2) is 5.55. The van der Waals surface area contributed by atoms with Crippen molar-refractivity contribution in [2.45, 2.75) is 50.6 Å². The van der Waals surface area contributed by atoms with Crippen molar-refractivity contribution in [2.24, 2.45) is 0 Å². The van der Waals surface area contributed by atoms with E-state index in [0.29, 0.717) is 10.7 Å². The maximum Gasteiger partial charge on any atom is 0.169 e. The van der Waals surface area contributed by atoms with Gasteiger partial charge < -0.3 is 14.8 Å². The van der Waals surface area contributed by atoms with Gasteiger partial charge in [-0.3, -0.25) is 0 Å². The summed E-state index contributed by atoms with van der Waals surface area (Å²) in [5.74, 6) is 0.789. The maximum atomic E-state index is 9.64. The molecule has 0 bridgehead atoms. The highest BCUT2D eigenvalue weighted by atomic mass is 79.9. The van der Waals surface area contributed by atoms with Crippen LogP contribution in [0.3, 0.4) is 0 Å². The Morgan fingerprint density at radius 1 is 1.41 bits per heavy atom. The van der Waals surface area contributed by atoms with Gasteiger partial charge in [-0.1, -0.05) is 19.3 Å². The first kappa shape index (κ1) is 13.1. The zero-order valence-corrected chi connectivity index (χ0v) is 11.8. The molecule has 1 saturated carbocycles. The van der Waals surface area contributed by atoms with Crippen LogP contribution in [0.4, 0.5) is 0 Å². The molecule has 1 aliphatic carbocycles. The molecule has 0 radical (unpaired) electrons. The molecule has 4 heteroatoms. The lowest BCUT2D eigenvalue weighted by atomic mass is 9.91. The van der Waals surface area contributed by atoms with Crippen LogP contribution in [0.1, 0.15) is 44.8 Å². The Labute approximate surface area is 111 Å². The summed E-state index contributed by atoms with van der Waals surface area (Å²) in [6.07, 6.45) is 6.28. The van der Waals surface area contributed by atoms with Crippen molar-refractivity contribution in [3.8, 4) is 0 Å². The van der Waals surface area contributed by atoms with Gasteiger partial charge in [0.2, 0.25) is 0 Å². The van der Waals surface area contributed by atoms with Gasteiger partial charge in [-0.25, -0.2) is 0 Å². The van der Waals surface area contributed by atoms with Crippen molar-refractivity contribution >= 4 is 15.9 Å². The quantitative estimate of drug-likeness (QED) is 0.898. The topological polar surface area (TPSA) is 45.4 Å². The minimum atomic E-state index is -0.478. The van der Waals surface area contributed by atoms with Crippen LogP contribution >= 0.6 is 15.9 Å². The molecule has 0 aliphatic heterocycles. The standard InChI is InChI=1S/C13H20BrNO2/c1-13(9-16,11-7-8-12(14)17-11)15-10-5-3-2-4-6-10/h7-8,10,15-16H,2-6,9H2,1H3. The summed E-state index contributed by atoms with van der Waals surface area (Å²) in [7, 11) is 0. The summed E-state index contributed by atoms with van der Waals surface area (Å²) in [5, 5.41) is 13.2. The summed E-state index contributed by atoms with van der Waals surface area (Å²) in [4.78, 5) is 0. The van der Waals surface area contributed by atoms with Gasteiger partial charge in [0.25, 0.3) is 0 Å². The number of rotatable bonds is 4. The molecule has 1 aromatic rings. The lowest BCUT2D eigenvalue weighted by Gasteiger charge is -2.34. The molecule has 0 spiro atoms. The van der Waals surface area contributed by atoms with E-state index in [1.54, 1.807) is 0 Å². The molecule has 17 heavy (non-hydrogen) atoms. The zero-order chi connectivity index (χ0) is 12.3. The monoisotopic (exact) mass is 301 g/mol. The summed E-state index contributed by atoms with van der Waals surface area (Å²) in [5.41, 5.74) is -0.478. The first-order valence-corrected chi connectivity index (χ1v) is 7.08. The van der Waals surface area contributed by atoms with Crippen LogP contribution in [-0.2, 0) is 5.54 Å². The number of hydrogen-bond donors (Lipinski definition) is 2. The number of aliphatic hydroxyl groups is 1. The predicted octanol–water partition coefficient (Wildman–Crippen LogP) is 3.17. The third-order valence-corrected chi connectivity index (χ3v) is 3.99. The van der Waals surface area contributed by atoms with Crippen LogP contribution in [0.5, 0.6) is 0 Å². The number of nitrogens with one attached hydrogen (secondary N) is 1. The van der Waals surface area contributed by atoms with Crippen molar-refractivity contribution in [1.82, 2.24) is 5.32 Å². The molecule has 1 fully saturated rings. The number of aliphatic hydroxyl groups excluding tert-OH is 1. The van der Waals surface area contributed by atoms with Gasteiger partial charge in [-0.05, 0) is 47.8 Å². The fraction of sp³-hybridized carbons (Fsp3) is 0.692. The lowest BCUT2D eigenvalue weighted by Crippen LogP contribution is -2.48. The minimum absolute atomic E-state index is 0.0451.